The van der Waals surface area contributed by atoms with Crippen molar-refractivity contribution in [1.29, 1.82) is 0 Å². The zero-order chi connectivity index (χ0) is 12.0. The summed E-state index contributed by atoms with van der Waals surface area (Å²) in [4.78, 5) is 12.7. The number of fused-ring (bicyclic) bond motifs is 5. The molecule has 2 aliphatic rings. The van der Waals surface area contributed by atoms with Gasteiger partial charge < -0.3 is 4.74 Å². The van der Waals surface area contributed by atoms with Crippen LogP contribution >= 0.6 is 0 Å². The first-order valence-corrected chi connectivity index (χ1v) is 5.85. The maximum absolute atomic E-state index is 10.8. The van der Waals surface area contributed by atoms with Gasteiger partial charge in [0.15, 0.2) is 0 Å². The zero-order valence-electron chi connectivity index (χ0n) is 9.63. The van der Waals surface area contributed by atoms with Crippen molar-refractivity contribution in [3.8, 4) is 0 Å². The molecular formula is C12H14N2O3. The fraction of sp³-hybridized carbons (Fsp3) is 0.500. The molecule has 2 heterocycles. The summed E-state index contributed by atoms with van der Waals surface area (Å²) in [6.07, 6.45) is 0.0908. The SMILES string of the molecule is CCN1CC2OC(C1)c1cc([N+](=O)[O-])ccc12. The molecule has 0 aromatic heterocycles. The summed E-state index contributed by atoms with van der Waals surface area (Å²) in [7, 11) is 0. The number of nitrogens with zero attached hydrogens (tertiary/aromatic N) is 2. The van der Waals surface area contributed by atoms with E-state index in [1.54, 1.807) is 12.1 Å². The number of nitro benzene ring substituents is 1. The van der Waals surface area contributed by atoms with Gasteiger partial charge in [-0.2, -0.15) is 0 Å². The van der Waals surface area contributed by atoms with Crippen molar-refractivity contribution in [3.63, 3.8) is 0 Å². The van der Waals surface area contributed by atoms with Gasteiger partial charge in [-0.05, 0) is 23.7 Å². The first-order chi connectivity index (χ1) is 8.19. The molecule has 1 fully saturated rings. The minimum atomic E-state index is -0.347. The van der Waals surface area contributed by atoms with Crippen LogP contribution in [0, 0.1) is 10.1 Å². The summed E-state index contributed by atoms with van der Waals surface area (Å²) in [5.41, 5.74) is 2.28. The van der Waals surface area contributed by atoms with Crippen LogP contribution in [0.25, 0.3) is 0 Å². The molecule has 0 saturated carbocycles. The highest BCUT2D eigenvalue weighted by molar-refractivity contribution is 5.45. The third kappa shape index (κ3) is 1.62. The molecule has 1 saturated heterocycles. The molecule has 2 aliphatic heterocycles. The molecule has 2 unspecified atom stereocenters. The summed E-state index contributed by atoms with van der Waals surface area (Å²) in [6.45, 7) is 4.84. The summed E-state index contributed by atoms with van der Waals surface area (Å²) in [6, 6.07) is 5.08. The average Bonchev–Trinajstić information content (AvgIpc) is 2.61. The van der Waals surface area contributed by atoms with Gasteiger partial charge in [0.2, 0.25) is 0 Å². The maximum atomic E-state index is 10.8. The van der Waals surface area contributed by atoms with E-state index in [0.717, 1.165) is 30.8 Å². The molecule has 0 spiro atoms. The van der Waals surface area contributed by atoms with Crippen LogP contribution in [-0.2, 0) is 4.74 Å². The first-order valence-electron chi connectivity index (χ1n) is 5.85. The Kier molecular flexibility index (Phi) is 2.38. The Labute approximate surface area is 99.1 Å². The number of nitro groups is 1. The smallest absolute Gasteiger partial charge is 0.269 e. The number of morpholine rings is 1. The second kappa shape index (κ2) is 3.78. The zero-order valence-corrected chi connectivity index (χ0v) is 9.63. The van der Waals surface area contributed by atoms with E-state index in [9.17, 15) is 10.1 Å². The largest absolute Gasteiger partial charge is 0.363 e. The lowest BCUT2D eigenvalue weighted by Crippen LogP contribution is -2.35. The van der Waals surface area contributed by atoms with Crippen LogP contribution < -0.4 is 0 Å². The Hall–Kier alpha value is -1.46. The van der Waals surface area contributed by atoms with Crippen molar-refractivity contribution in [2.75, 3.05) is 19.6 Å². The van der Waals surface area contributed by atoms with Gasteiger partial charge in [-0.15, -0.1) is 0 Å². The van der Waals surface area contributed by atoms with Crippen molar-refractivity contribution in [1.82, 2.24) is 4.90 Å². The number of non-ortho nitro benzene ring substituents is 1. The van der Waals surface area contributed by atoms with E-state index in [2.05, 4.69) is 11.8 Å². The molecule has 5 heteroatoms. The quantitative estimate of drug-likeness (QED) is 0.580. The molecule has 5 nitrogen and oxygen atoms in total. The lowest BCUT2D eigenvalue weighted by atomic mass is 10.0. The van der Waals surface area contributed by atoms with Gasteiger partial charge in [-0.1, -0.05) is 6.92 Å². The molecule has 3 rings (SSSR count). The van der Waals surface area contributed by atoms with Crippen LogP contribution in [0.1, 0.15) is 30.3 Å². The highest BCUT2D eigenvalue weighted by Crippen LogP contribution is 2.44. The Morgan fingerprint density at radius 1 is 1.41 bits per heavy atom. The lowest BCUT2D eigenvalue weighted by Gasteiger charge is -2.31. The Morgan fingerprint density at radius 2 is 2.12 bits per heavy atom. The molecule has 0 radical (unpaired) electrons. The molecule has 0 amide bonds. The van der Waals surface area contributed by atoms with E-state index in [4.69, 9.17) is 4.74 Å². The standard InChI is InChI=1S/C12H14N2O3/c1-2-13-6-11-9-4-3-8(14(15)16)5-10(9)12(7-13)17-11/h3-5,11-12H,2,6-7H2,1H3. The van der Waals surface area contributed by atoms with Crippen LogP contribution in [-0.4, -0.2) is 29.5 Å². The van der Waals surface area contributed by atoms with Crippen LogP contribution in [0.4, 0.5) is 5.69 Å². The Balaban J connectivity index is 1.99. The Bertz CT molecular complexity index is 475. The number of rotatable bonds is 2. The van der Waals surface area contributed by atoms with E-state index in [1.165, 1.54) is 0 Å². The predicted octanol–water partition coefficient (Wildman–Crippen LogP) is 2.04. The van der Waals surface area contributed by atoms with E-state index in [-0.39, 0.29) is 22.8 Å². The molecule has 1 aromatic carbocycles. The summed E-state index contributed by atoms with van der Waals surface area (Å²) in [5, 5.41) is 10.8. The number of hydrogen-bond acceptors (Lipinski definition) is 4. The molecule has 0 aliphatic carbocycles. The van der Waals surface area contributed by atoms with E-state index in [1.807, 2.05) is 6.07 Å². The van der Waals surface area contributed by atoms with Crippen molar-refractivity contribution >= 4 is 5.69 Å². The number of hydrogen-bond donors (Lipinski definition) is 0. The monoisotopic (exact) mass is 234 g/mol. The first kappa shape index (κ1) is 10.7. The van der Waals surface area contributed by atoms with Gasteiger partial charge >= 0.3 is 0 Å². The van der Waals surface area contributed by atoms with Crippen LogP contribution in [0.15, 0.2) is 18.2 Å². The lowest BCUT2D eigenvalue weighted by molar-refractivity contribution is -0.384. The van der Waals surface area contributed by atoms with Gasteiger partial charge in [0.25, 0.3) is 5.69 Å². The van der Waals surface area contributed by atoms with E-state index >= 15 is 0 Å². The number of benzene rings is 1. The second-order valence-electron chi connectivity index (χ2n) is 4.54. The molecule has 17 heavy (non-hydrogen) atoms. The molecule has 90 valence electrons. The van der Waals surface area contributed by atoms with Gasteiger partial charge in [0.1, 0.15) is 0 Å². The summed E-state index contributed by atoms with van der Waals surface area (Å²) in [5.74, 6) is 0. The van der Waals surface area contributed by atoms with Crippen molar-refractivity contribution in [3.05, 3.63) is 39.4 Å². The normalized spacial score (nSPS) is 26.9. The molecular weight excluding hydrogens is 220 g/mol. The van der Waals surface area contributed by atoms with Crippen molar-refractivity contribution in [2.24, 2.45) is 0 Å². The summed E-state index contributed by atoms with van der Waals surface area (Å²) >= 11 is 0. The molecule has 2 bridgehead atoms. The molecule has 0 N–H and O–H groups in total. The van der Waals surface area contributed by atoms with Crippen LogP contribution in [0.2, 0.25) is 0 Å². The topological polar surface area (TPSA) is 55.6 Å². The third-order valence-corrected chi connectivity index (χ3v) is 3.60. The summed E-state index contributed by atoms with van der Waals surface area (Å²) < 4.78 is 5.87. The molecule has 1 aromatic rings. The van der Waals surface area contributed by atoms with Gasteiger partial charge in [0, 0.05) is 25.2 Å². The van der Waals surface area contributed by atoms with Crippen LogP contribution in [0.5, 0.6) is 0 Å². The van der Waals surface area contributed by atoms with Crippen molar-refractivity contribution in [2.45, 2.75) is 19.1 Å². The highest BCUT2D eigenvalue weighted by atomic mass is 16.6. The minimum absolute atomic E-state index is 0.00333. The Morgan fingerprint density at radius 3 is 2.76 bits per heavy atom. The van der Waals surface area contributed by atoms with E-state index in [0.29, 0.717) is 0 Å². The van der Waals surface area contributed by atoms with Gasteiger partial charge in [-0.3, -0.25) is 15.0 Å². The maximum Gasteiger partial charge on any atom is 0.269 e. The third-order valence-electron chi connectivity index (χ3n) is 3.60. The number of likely N-dealkylation sites (N-methyl/N-ethyl adjacent to an activating group) is 1. The average molecular weight is 234 g/mol. The van der Waals surface area contributed by atoms with Gasteiger partial charge in [0.05, 0.1) is 17.1 Å². The fourth-order valence-electron chi connectivity index (χ4n) is 2.68. The predicted molar refractivity (Wildman–Crippen MR) is 61.8 cm³/mol. The fourth-order valence-corrected chi connectivity index (χ4v) is 2.68. The highest BCUT2D eigenvalue weighted by Gasteiger charge is 2.38. The van der Waals surface area contributed by atoms with Gasteiger partial charge in [-0.25, -0.2) is 0 Å². The second-order valence-corrected chi connectivity index (χ2v) is 4.54. The minimum Gasteiger partial charge on any atom is -0.363 e. The van der Waals surface area contributed by atoms with E-state index < -0.39 is 0 Å². The van der Waals surface area contributed by atoms with Crippen molar-refractivity contribution < 1.29 is 9.66 Å². The molecule has 2 atom stereocenters. The van der Waals surface area contributed by atoms with Crippen LogP contribution in [0.3, 0.4) is 0 Å². The number of ether oxygens (including phenoxy) is 1.